The first-order chi connectivity index (χ1) is 9.45. The minimum Gasteiger partial charge on any atom is -0.497 e. The van der Waals surface area contributed by atoms with Gasteiger partial charge in [0.2, 0.25) is 0 Å². The number of aromatic nitrogens is 1. The number of nitrogens with zero attached hydrogens (tertiary/aromatic N) is 1. The Kier molecular flexibility index (Phi) is 4.29. The van der Waals surface area contributed by atoms with Crippen molar-refractivity contribution >= 4 is 11.3 Å². The molecule has 7 heteroatoms. The molecule has 1 aromatic carbocycles. The van der Waals surface area contributed by atoms with Crippen molar-refractivity contribution in [2.45, 2.75) is 12.7 Å². The van der Waals surface area contributed by atoms with Crippen molar-refractivity contribution in [3.63, 3.8) is 0 Å². The van der Waals surface area contributed by atoms with Gasteiger partial charge in [-0.05, 0) is 19.2 Å². The molecule has 2 rings (SSSR count). The number of alkyl halides is 3. The Hall–Kier alpha value is -1.60. The lowest BCUT2D eigenvalue weighted by molar-refractivity contribution is -0.141. The van der Waals surface area contributed by atoms with Crippen molar-refractivity contribution in [2.24, 2.45) is 0 Å². The monoisotopic (exact) mass is 302 g/mol. The maximum Gasteiger partial charge on any atom is 0.434 e. The lowest BCUT2D eigenvalue weighted by Crippen LogP contribution is -2.12. The highest BCUT2D eigenvalue weighted by Gasteiger charge is 2.37. The number of nitrogens with one attached hydrogen (secondary N) is 1. The van der Waals surface area contributed by atoms with Crippen LogP contribution in [0.1, 0.15) is 10.6 Å². The summed E-state index contributed by atoms with van der Waals surface area (Å²) in [5.41, 5.74) is -0.211. The van der Waals surface area contributed by atoms with Gasteiger partial charge in [0.1, 0.15) is 10.8 Å². The summed E-state index contributed by atoms with van der Waals surface area (Å²) >= 11 is 1.03. The van der Waals surface area contributed by atoms with E-state index in [0.717, 1.165) is 11.3 Å². The number of rotatable bonds is 4. The van der Waals surface area contributed by atoms with E-state index in [9.17, 15) is 13.2 Å². The average Bonchev–Trinajstić information content (AvgIpc) is 2.83. The third-order valence-electron chi connectivity index (χ3n) is 2.62. The Morgan fingerprint density at radius 2 is 2.10 bits per heavy atom. The normalized spacial score (nSPS) is 11.7. The number of halogens is 3. The molecule has 0 aliphatic carbocycles. The molecule has 0 saturated carbocycles. The molecule has 0 amide bonds. The van der Waals surface area contributed by atoms with E-state index >= 15 is 0 Å². The second kappa shape index (κ2) is 5.80. The molecule has 0 atom stereocenters. The molecular weight excluding hydrogens is 289 g/mol. The van der Waals surface area contributed by atoms with E-state index in [0.29, 0.717) is 16.3 Å². The topological polar surface area (TPSA) is 34.1 Å². The van der Waals surface area contributed by atoms with E-state index in [-0.39, 0.29) is 11.4 Å². The highest BCUT2D eigenvalue weighted by Crippen LogP contribution is 2.38. The maximum atomic E-state index is 12.9. The van der Waals surface area contributed by atoms with E-state index in [1.807, 2.05) is 0 Å². The van der Waals surface area contributed by atoms with Crippen LogP contribution in [-0.4, -0.2) is 19.1 Å². The summed E-state index contributed by atoms with van der Waals surface area (Å²) < 4.78 is 43.9. The average molecular weight is 302 g/mol. The molecule has 0 saturated heterocycles. The molecule has 1 N–H and O–H groups in total. The van der Waals surface area contributed by atoms with Gasteiger partial charge in [-0.15, -0.1) is 11.3 Å². The van der Waals surface area contributed by atoms with E-state index in [2.05, 4.69) is 10.3 Å². The first-order valence-corrected chi connectivity index (χ1v) is 6.63. The largest absolute Gasteiger partial charge is 0.497 e. The first-order valence-electron chi connectivity index (χ1n) is 5.81. The highest BCUT2D eigenvalue weighted by molar-refractivity contribution is 7.15. The van der Waals surface area contributed by atoms with Crippen molar-refractivity contribution in [3.05, 3.63) is 34.8 Å². The van der Waals surface area contributed by atoms with E-state index < -0.39 is 11.9 Å². The van der Waals surface area contributed by atoms with Crippen LogP contribution in [0.15, 0.2) is 24.3 Å². The van der Waals surface area contributed by atoms with Gasteiger partial charge in [-0.25, -0.2) is 4.98 Å². The molecule has 0 bridgehead atoms. The lowest BCUT2D eigenvalue weighted by atomic mass is 10.2. The Labute approximate surface area is 118 Å². The van der Waals surface area contributed by atoms with Crippen LogP contribution in [0, 0.1) is 0 Å². The van der Waals surface area contributed by atoms with Crippen LogP contribution in [-0.2, 0) is 12.7 Å². The zero-order valence-electron chi connectivity index (χ0n) is 10.9. The minimum absolute atomic E-state index is 0.135. The number of benzene rings is 1. The highest BCUT2D eigenvalue weighted by atomic mass is 32.1. The third-order valence-corrected chi connectivity index (χ3v) is 3.72. The zero-order valence-corrected chi connectivity index (χ0v) is 11.7. The van der Waals surface area contributed by atoms with Gasteiger partial charge in [0.25, 0.3) is 0 Å². The number of methoxy groups -OCH3 is 1. The Balaban J connectivity index is 2.47. The van der Waals surface area contributed by atoms with Crippen molar-refractivity contribution < 1.29 is 17.9 Å². The van der Waals surface area contributed by atoms with Gasteiger partial charge >= 0.3 is 6.18 Å². The number of hydrogen-bond acceptors (Lipinski definition) is 4. The summed E-state index contributed by atoms with van der Waals surface area (Å²) in [4.78, 5) is 3.92. The Bertz CT molecular complexity index is 596. The molecule has 3 nitrogen and oxygen atoms in total. The van der Waals surface area contributed by atoms with Crippen LogP contribution in [0.3, 0.4) is 0 Å². The molecule has 20 heavy (non-hydrogen) atoms. The molecule has 0 radical (unpaired) electrons. The standard InChI is InChI=1S/C13H13F3N2OS/c1-17-7-10-11(13(14,15)16)18-12(20-10)8-4-3-5-9(6-8)19-2/h3-6,17H,7H2,1-2H3. The fraction of sp³-hybridized carbons (Fsp3) is 0.308. The van der Waals surface area contributed by atoms with E-state index in [1.54, 1.807) is 31.3 Å². The predicted octanol–water partition coefficient (Wildman–Crippen LogP) is 3.56. The van der Waals surface area contributed by atoms with Crippen LogP contribution in [0.4, 0.5) is 13.2 Å². The van der Waals surface area contributed by atoms with E-state index in [4.69, 9.17) is 4.74 Å². The summed E-state index contributed by atoms with van der Waals surface area (Å²) in [6.45, 7) is 0.135. The smallest absolute Gasteiger partial charge is 0.434 e. The van der Waals surface area contributed by atoms with Crippen LogP contribution in [0.2, 0.25) is 0 Å². The van der Waals surface area contributed by atoms with Crippen molar-refractivity contribution in [1.82, 2.24) is 10.3 Å². The summed E-state index contributed by atoms with van der Waals surface area (Å²) in [6.07, 6.45) is -4.44. The molecule has 108 valence electrons. The van der Waals surface area contributed by atoms with Gasteiger partial charge in [0.15, 0.2) is 5.69 Å². The molecule has 0 aliphatic rings. The number of hydrogen-bond donors (Lipinski definition) is 1. The predicted molar refractivity (Wildman–Crippen MR) is 71.9 cm³/mol. The second-order valence-electron chi connectivity index (χ2n) is 4.05. The summed E-state index contributed by atoms with van der Waals surface area (Å²) in [7, 11) is 3.11. The summed E-state index contributed by atoms with van der Waals surface area (Å²) in [6, 6.07) is 6.84. The van der Waals surface area contributed by atoms with Crippen molar-refractivity contribution in [2.75, 3.05) is 14.2 Å². The number of ether oxygens (including phenoxy) is 1. The molecule has 2 aromatic rings. The minimum atomic E-state index is -4.44. The third kappa shape index (κ3) is 3.10. The molecule has 1 heterocycles. The zero-order chi connectivity index (χ0) is 14.8. The van der Waals surface area contributed by atoms with Crippen LogP contribution < -0.4 is 10.1 Å². The van der Waals surface area contributed by atoms with Crippen LogP contribution in [0.25, 0.3) is 10.6 Å². The molecule has 0 fully saturated rings. The molecule has 0 aliphatic heterocycles. The number of thiazole rings is 1. The van der Waals surface area contributed by atoms with Gasteiger partial charge in [-0.1, -0.05) is 12.1 Å². The Morgan fingerprint density at radius 3 is 2.70 bits per heavy atom. The lowest BCUT2D eigenvalue weighted by Gasteiger charge is -2.04. The molecule has 0 spiro atoms. The van der Waals surface area contributed by atoms with Gasteiger partial charge in [-0.2, -0.15) is 13.2 Å². The first kappa shape index (κ1) is 14.8. The molecule has 1 aromatic heterocycles. The van der Waals surface area contributed by atoms with Gasteiger partial charge < -0.3 is 10.1 Å². The summed E-state index contributed by atoms with van der Waals surface area (Å²) in [5.74, 6) is 0.585. The fourth-order valence-corrected chi connectivity index (χ4v) is 2.82. The molecular formula is C13H13F3N2OS. The van der Waals surface area contributed by atoms with Crippen molar-refractivity contribution in [3.8, 4) is 16.3 Å². The van der Waals surface area contributed by atoms with Crippen LogP contribution >= 0.6 is 11.3 Å². The maximum absolute atomic E-state index is 12.9. The molecule has 0 unspecified atom stereocenters. The van der Waals surface area contributed by atoms with Gasteiger partial charge in [0.05, 0.1) is 12.0 Å². The van der Waals surface area contributed by atoms with Gasteiger partial charge in [0, 0.05) is 12.1 Å². The quantitative estimate of drug-likeness (QED) is 0.937. The van der Waals surface area contributed by atoms with Crippen molar-refractivity contribution in [1.29, 1.82) is 0 Å². The van der Waals surface area contributed by atoms with Crippen LogP contribution in [0.5, 0.6) is 5.75 Å². The SMILES string of the molecule is CNCc1sc(-c2cccc(OC)c2)nc1C(F)(F)F. The van der Waals surface area contributed by atoms with Gasteiger partial charge in [-0.3, -0.25) is 0 Å². The fourth-order valence-electron chi connectivity index (χ4n) is 1.73. The van der Waals surface area contributed by atoms with E-state index in [1.165, 1.54) is 7.11 Å². The summed E-state index contributed by atoms with van der Waals surface area (Å²) in [5, 5.41) is 3.06. The second-order valence-corrected chi connectivity index (χ2v) is 5.13. The Morgan fingerprint density at radius 1 is 1.35 bits per heavy atom.